The number of aromatic nitrogens is 2. The van der Waals surface area contributed by atoms with Crippen LogP contribution in [0.4, 0.5) is 4.39 Å². The Hall–Kier alpha value is -2.69. The molecule has 0 fully saturated rings. The predicted octanol–water partition coefficient (Wildman–Crippen LogP) is 2.71. The van der Waals surface area contributed by atoms with Crippen molar-refractivity contribution in [2.45, 2.75) is 13.5 Å². The van der Waals surface area contributed by atoms with Gasteiger partial charge in [0.1, 0.15) is 17.2 Å². The van der Waals surface area contributed by atoms with Crippen LogP contribution < -0.4 is 5.32 Å². The lowest BCUT2D eigenvalue weighted by Crippen LogP contribution is -2.23. The summed E-state index contributed by atoms with van der Waals surface area (Å²) in [5, 5.41) is 2.74. The second-order valence-electron chi connectivity index (χ2n) is 4.91. The highest BCUT2D eigenvalue weighted by atomic mass is 19.1. The lowest BCUT2D eigenvalue weighted by molar-refractivity contribution is 0.0946. The van der Waals surface area contributed by atoms with E-state index in [1.54, 1.807) is 18.3 Å². The molecule has 0 aliphatic carbocycles. The Morgan fingerprint density at radius 1 is 1.29 bits per heavy atom. The van der Waals surface area contributed by atoms with Gasteiger partial charge in [0.25, 0.3) is 5.91 Å². The van der Waals surface area contributed by atoms with Crippen molar-refractivity contribution in [2.75, 3.05) is 0 Å². The molecule has 1 amide bonds. The first-order chi connectivity index (χ1) is 10.1. The second kappa shape index (κ2) is 5.36. The van der Waals surface area contributed by atoms with Gasteiger partial charge in [0, 0.05) is 18.9 Å². The molecule has 4 nitrogen and oxygen atoms in total. The number of aryl methyl sites for hydroxylation is 1. The zero-order valence-corrected chi connectivity index (χ0v) is 11.5. The van der Waals surface area contributed by atoms with Crippen LogP contribution in [0.1, 0.15) is 21.6 Å². The summed E-state index contributed by atoms with van der Waals surface area (Å²) in [7, 11) is 0. The third-order valence-electron chi connectivity index (χ3n) is 3.17. The average Bonchev–Trinajstić information content (AvgIpc) is 2.88. The Morgan fingerprint density at radius 3 is 2.95 bits per heavy atom. The van der Waals surface area contributed by atoms with Gasteiger partial charge in [-0.25, -0.2) is 9.37 Å². The van der Waals surface area contributed by atoms with Crippen LogP contribution in [0.2, 0.25) is 0 Å². The summed E-state index contributed by atoms with van der Waals surface area (Å²) in [6.07, 6.45) is 3.59. The van der Waals surface area contributed by atoms with Crippen LogP contribution in [0, 0.1) is 12.7 Å². The Morgan fingerprint density at radius 2 is 2.14 bits per heavy atom. The summed E-state index contributed by atoms with van der Waals surface area (Å²) < 4.78 is 14.9. The number of carbonyl (C=O) groups is 1. The van der Waals surface area contributed by atoms with E-state index in [1.807, 2.05) is 29.7 Å². The number of amides is 1. The zero-order chi connectivity index (χ0) is 14.8. The molecule has 3 aromatic rings. The Labute approximate surface area is 121 Å². The van der Waals surface area contributed by atoms with Crippen LogP contribution in [0.3, 0.4) is 0 Å². The Kier molecular flexibility index (Phi) is 3.39. The van der Waals surface area contributed by atoms with Crippen LogP contribution in [0.15, 0.2) is 48.8 Å². The number of nitrogens with zero attached hydrogens (tertiary/aromatic N) is 2. The van der Waals surface area contributed by atoms with Gasteiger partial charge < -0.3 is 9.72 Å². The van der Waals surface area contributed by atoms with E-state index in [-0.39, 0.29) is 18.3 Å². The van der Waals surface area contributed by atoms with E-state index in [0.717, 1.165) is 11.2 Å². The third kappa shape index (κ3) is 2.91. The molecule has 0 radical (unpaired) electrons. The first kappa shape index (κ1) is 13.3. The predicted molar refractivity (Wildman–Crippen MR) is 77.5 cm³/mol. The van der Waals surface area contributed by atoms with Crippen molar-refractivity contribution in [1.82, 2.24) is 14.7 Å². The van der Waals surface area contributed by atoms with E-state index in [2.05, 4.69) is 10.3 Å². The molecule has 0 aliphatic rings. The summed E-state index contributed by atoms with van der Waals surface area (Å²) in [5.41, 5.74) is 2.86. The van der Waals surface area contributed by atoms with Gasteiger partial charge in [-0.15, -0.1) is 0 Å². The first-order valence-electron chi connectivity index (χ1n) is 6.60. The lowest BCUT2D eigenvalue weighted by Gasteiger charge is -2.03. The fourth-order valence-electron chi connectivity index (χ4n) is 2.13. The molecule has 1 aromatic carbocycles. The van der Waals surface area contributed by atoms with Crippen molar-refractivity contribution < 1.29 is 9.18 Å². The minimum absolute atomic E-state index is 0.267. The van der Waals surface area contributed by atoms with E-state index in [1.165, 1.54) is 12.1 Å². The molecule has 2 aromatic heterocycles. The lowest BCUT2D eigenvalue weighted by atomic mass is 10.2. The first-order valence-corrected chi connectivity index (χ1v) is 6.60. The quantitative estimate of drug-likeness (QED) is 0.803. The number of hydrogen-bond donors (Lipinski definition) is 1. The smallest absolute Gasteiger partial charge is 0.271 e. The fraction of sp³-hybridized carbons (Fsp3) is 0.125. The van der Waals surface area contributed by atoms with E-state index in [4.69, 9.17) is 0 Å². The number of pyridine rings is 1. The molecule has 21 heavy (non-hydrogen) atoms. The third-order valence-corrected chi connectivity index (χ3v) is 3.17. The second-order valence-corrected chi connectivity index (χ2v) is 4.91. The number of imidazole rings is 1. The van der Waals surface area contributed by atoms with Gasteiger partial charge in [0.2, 0.25) is 0 Å². The number of benzene rings is 1. The summed E-state index contributed by atoms with van der Waals surface area (Å²) in [4.78, 5) is 16.3. The van der Waals surface area contributed by atoms with Gasteiger partial charge in [-0.1, -0.05) is 18.2 Å². The van der Waals surface area contributed by atoms with Crippen molar-refractivity contribution >= 4 is 11.6 Å². The minimum Gasteiger partial charge on any atom is -0.347 e. The maximum absolute atomic E-state index is 13.1. The zero-order valence-electron chi connectivity index (χ0n) is 11.5. The van der Waals surface area contributed by atoms with Crippen molar-refractivity contribution in [2.24, 2.45) is 0 Å². The minimum atomic E-state index is -0.315. The molecule has 0 bridgehead atoms. The summed E-state index contributed by atoms with van der Waals surface area (Å²) in [6, 6.07) is 9.94. The highest BCUT2D eigenvalue weighted by Crippen LogP contribution is 2.08. The molecule has 0 atom stereocenters. The van der Waals surface area contributed by atoms with Crippen LogP contribution in [-0.2, 0) is 6.54 Å². The van der Waals surface area contributed by atoms with Crippen molar-refractivity contribution in [3.8, 4) is 0 Å². The van der Waals surface area contributed by atoms with Gasteiger partial charge in [-0.3, -0.25) is 4.79 Å². The highest BCUT2D eigenvalue weighted by Gasteiger charge is 2.10. The molecular formula is C16H14FN3O. The van der Waals surface area contributed by atoms with Crippen molar-refractivity contribution in [1.29, 1.82) is 0 Å². The van der Waals surface area contributed by atoms with Gasteiger partial charge >= 0.3 is 0 Å². The van der Waals surface area contributed by atoms with E-state index < -0.39 is 0 Å². The van der Waals surface area contributed by atoms with E-state index in [9.17, 15) is 9.18 Å². The molecule has 0 unspecified atom stereocenters. The number of rotatable bonds is 3. The molecule has 106 valence electrons. The topological polar surface area (TPSA) is 46.4 Å². The summed E-state index contributed by atoms with van der Waals surface area (Å²) >= 11 is 0. The molecule has 2 heterocycles. The van der Waals surface area contributed by atoms with Crippen molar-refractivity contribution in [3.05, 3.63) is 71.4 Å². The molecule has 3 rings (SSSR count). The standard InChI is InChI=1S/C16H14FN3O/c1-11-5-6-15-19-14(10-20(15)9-11)16(21)18-8-12-3-2-4-13(17)7-12/h2-7,9-10H,8H2,1H3,(H,18,21). The maximum atomic E-state index is 13.1. The normalized spacial score (nSPS) is 10.8. The van der Waals surface area contributed by atoms with Crippen LogP contribution in [-0.4, -0.2) is 15.3 Å². The molecule has 0 spiro atoms. The van der Waals surface area contributed by atoms with Crippen LogP contribution in [0.5, 0.6) is 0 Å². The number of hydrogen-bond acceptors (Lipinski definition) is 2. The van der Waals surface area contributed by atoms with E-state index in [0.29, 0.717) is 11.3 Å². The number of fused-ring (bicyclic) bond motifs is 1. The molecule has 0 saturated heterocycles. The van der Waals surface area contributed by atoms with Crippen molar-refractivity contribution in [3.63, 3.8) is 0 Å². The Balaban J connectivity index is 1.74. The fourth-order valence-corrected chi connectivity index (χ4v) is 2.13. The maximum Gasteiger partial charge on any atom is 0.271 e. The van der Waals surface area contributed by atoms with Gasteiger partial charge in [-0.05, 0) is 36.2 Å². The largest absolute Gasteiger partial charge is 0.347 e. The van der Waals surface area contributed by atoms with Gasteiger partial charge in [0.15, 0.2) is 0 Å². The molecular weight excluding hydrogens is 269 g/mol. The summed E-state index contributed by atoms with van der Waals surface area (Å²) in [5.74, 6) is -0.592. The van der Waals surface area contributed by atoms with Crippen LogP contribution in [0.25, 0.3) is 5.65 Å². The monoisotopic (exact) mass is 283 g/mol. The van der Waals surface area contributed by atoms with Gasteiger partial charge in [0.05, 0.1) is 0 Å². The average molecular weight is 283 g/mol. The number of carbonyl (C=O) groups excluding carboxylic acids is 1. The number of halogens is 1. The molecule has 1 N–H and O–H groups in total. The summed E-state index contributed by atoms with van der Waals surface area (Å²) in [6.45, 7) is 2.24. The SMILES string of the molecule is Cc1ccc2nc(C(=O)NCc3cccc(F)c3)cn2c1. The Bertz CT molecular complexity index is 810. The molecule has 0 saturated carbocycles. The van der Waals surface area contributed by atoms with Crippen LogP contribution >= 0.6 is 0 Å². The van der Waals surface area contributed by atoms with E-state index >= 15 is 0 Å². The van der Waals surface area contributed by atoms with Gasteiger partial charge in [-0.2, -0.15) is 0 Å². The number of nitrogens with one attached hydrogen (secondary N) is 1. The molecule has 5 heteroatoms. The molecule has 0 aliphatic heterocycles. The highest BCUT2D eigenvalue weighted by molar-refractivity contribution is 5.92.